The molecule has 0 N–H and O–H groups in total. The van der Waals surface area contributed by atoms with E-state index >= 15 is 0 Å². The first-order valence-electron chi connectivity index (χ1n) is 9.12. The van der Waals surface area contributed by atoms with Crippen molar-refractivity contribution in [3.8, 4) is 11.5 Å². The van der Waals surface area contributed by atoms with E-state index in [9.17, 15) is 13.2 Å². The number of ether oxygens (including phenoxy) is 2. The molecule has 6 heteroatoms. The van der Waals surface area contributed by atoms with Crippen LogP contribution in [0.1, 0.15) is 33.5 Å². The standard InChI is InChI=1S/C23H22F3NO2/c1-15-20(12-16-4-8-18(28-2)9-5-16)22(27-14-21(15)23(24,25)26)13-17-6-10-19(29-3)11-7-17/h4-11,14H,12-13H2,1-3H3. The first-order valence-corrected chi connectivity index (χ1v) is 9.12. The van der Waals surface area contributed by atoms with Crippen LogP contribution in [0.5, 0.6) is 11.5 Å². The van der Waals surface area contributed by atoms with Crippen molar-refractivity contribution in [2.24, 2.45) is 0 Å². The number of pyridine rings is 1. The first kappa shape index (κ1) is 20.7. The molecule has 0 spiro atoms. The SMILES string of the molecule is COc1ccc(Cc2ncc(C(F)(F)F)c(C)c2Cc2ccc(OC)cc2)cc1. The van der Waals surface area contributed by atoms with Gasteiger partial charge in [0.2, 0.25) is 0 Å². The van der Waals surface area contributed by atoms with E-state index in [0.29, 0.717) is 29.8 Å². The van der Waals surface area contributed by atoms with Crippen LogP contribution >= 0.6 is 0 Å². The maximum atomic E-state index is 13.4. The third-order valence-corrected chi connectivity index (χ3v) is 4.93. The number of nitrogens with zero attached hydrogens (tertiary/aromatic N) is 1. The molecule has 0 atom stereocenters. The van der Waals surface area contributed by atoms with Gasteiger partial charge < -0.3 is 9.47 Å². The predicted octanol–water partition coefficient (Wildman–Crippen LogP) is 5.61. The van der Waals surface area contributed by atoms with Crippen LogP contribution in [0.2, 0.25) is 0 Å². The van der Waals surface area contributed by atoms with Gasteiger partial charge >= 0.3 is 6.18 Å². The van der Waals surface area contributed by atoms with Gasteiger partial charge in [0.15, 0.2) is 0 Å². The summed E-state index contributed by atoms with van der Waals surface area (Å²) >= 11 is 0. The van der Waals surface area contributed by atoms with Gasteiger partial charge in [-0.3, -0.25) is 4.98 Å². The Labute approximate surface area is 168 Å². The summed E-state index contributed by atoms with van der Waals surface area (Å²) in [5.74, 6) is 1.43. The van der Waals surface area contributed by atoms with Crippen molar-refractivity contribution in [1.29, 1.82) is 0 Å². The lowest BCUT2D eigenvalue weighted by atomic mass is 9.93. The maximum absolute atomic E-state index is 13.4. The van der Waals surface area contributed by atoms with Crippen molar-refractivity contribution >= 4 is 0 Å². The molecule has 3 aromatic rings. The van der Waals surface area contributed by atoms with Crippen molar-refractivity contribution in [3.63, 3.8) is 0 Å². The summed E-state index contributed by atoms with van der Waals surface area (Å²) in [6, 6.07) is 14.8. The molecule has 0 amide bonds. The first-order chi connectivity index (χ1) is 13.8. The van der Waals surface area contributed by atoms with Gasteiger partial charge in [0, 0.05) is 18.3 Å². The number of hydrogen-bond acceptors (Lipinski definition) is 3. The summed E-state index contributed by atoms with van der Waals surface area (Å²) < 4.78 is 50.6. The van der Waals surface area contributed by atoms with Gasteiger partial charge in [0.05, 0.1) is 19.8 Å². The second-order valence-corrected chi connectivity index (χ2v) is 6.77. The Kier molecular flexibility index (Phi) is 6.11. The predicted molar refractivity (Wildman–Crippen MR) is 106 cm³/mol. The Morgan fingerprint density at radius 1 is 0.793 bits per heavy atom. The topological polar surface area (TPSA) is 31.4 Å². The molecule has 1 heterocycles. The molecule has 29 heavy (non-hydrogen) atoms. The fourth-order valence-corrected chi connectivity index (χ4v) is 3.25. The van der Waals surface area contributed by atoms with Crippen LogP contribution in [-0.4, -0.2) is 19.2 Å². The average molecular weight is 401 g/mol. The third kappa shape index (κ3) is 4.88. The Hall–Kier alpha value is -3.02. The second-order valence-electron chi connectivity index (χ2n) is 6.77. The van der Waals surface area contributed by atoms with Crippen LogP contribution < -0.4 is 9.47 Å². The molecule has 2 aromatic carbocycles. The van der Waals surface area contributed by atoms with Gasteiger partial charge in [-0.1, -0.05) is 24.3 Å². The minimum absolute atomic E-state index is 0.215. The van der Waals surface area contributed by atoms with Crippen LogP contribution in [-0.2, 0) is 19.0 Å². The molecule has 0 saturated carbocycles. The van der Waals surface area contributed by atoms with E-state index < -0.39 is 11.7 Å². The summed E-state index contributed by atoms with van der Waals surface area (Å²) in [4.78, 5) is 4.20. The summed E-state index contributed by atoms with van der Waals surface area (Å²) in [7, 11) is 3.16. The second kappa shape index (κ2) is 8.55. The number of alkyl halides is 3. The van der Waals surface area contributed by atoms with Crippen LogP contribution in [0.4, 0.5) is 13.2 Å². The lowest BCUT2D eigenvalue weighted by Gasteiger charge is -2.18. The number of rotatable bonds is 6. The minimum Gasteiger partial charge on any atom is -0.497 e. The lowest BCUT2D eigenvalue weighted by Crippen LogP contribution is -2.13. The molecule has 0 aliphatic carbocycles. The summed E-state index contributed by atoms with van der Waals surface area (Å²) in [6.07, 6.45) is -2.71. The molecule has 0 aliphatic heterocycles. The normalized spacial score (nSPS) is 11.4. The maximum Gasteiger partial charge on any atom is 0.418 e. The summed E-state index contributed by atoms with van der Waals surface area (Å²) in [5, 5.41) is 0. The number of methoxy groups -OCH3 is 2. The van der Waals surface area contributed by atoms with E-state index in [0.717, 1.165) is 23.1 Å². The molecule has 0 fully saturated rings. The van der Waals surface area contributed by atoms with Gasteiger partial charge in [0.25, 0.3) is 0 Å². The van der Waals surface area contributed by atoms with E-state index in [1.54, 1.807) is 26.4 Å². The van der Waals surface area contributed by atoms with Crippen LogP contribution in [0.3, 0.4) is 0 Å². The molecule has 3 rings (SSSR count). The number of hydrogen-bond donors (Lipinski definition) is 0. The zero-order valence-corrected chi connectivity index (χ0v) is 16.5. The molecular formula is C23H22F3NO2. The highest BCUT2D eigenvalue weighted by Crippen LogP contribution is 2.34. The zero-order chi connectivity index (χ0) is 21.0. The Bertz CT molecular complexity index is 965. The molecule has 0 bridgehead atoms. The van der Waals surface area contributed by atoms with Crippen molar-refractivity contribution in [2.45, 2.75) is 25.9 Å². The van der Waals surface area contributed by atoms with E-state index in [1.165, 1.54) is 6.92 Å². The monoisotopic (exact) mass is 401 g/mol. The molecule has 152 valence electrons. The average Bonchev–Trinajstić information content (AvgIpc) is 2.70. The van der Waals surface area contributed by atoms with Crippen molar-refractivity contribution in [1.82, 2.24) is 4.98 Å². The van der Waals surface area contributed by atoms with Crippen LogP contribution in [0.15, 0.2) is 54.7 Å². The zero-order valence-electron chi connectivity index (χ0n) is 16.5. The molecule has 0 aliphatic rings. The number of benzene rings is 2. The van der Waals surface area contributed by atoms with Crippen LogP contribution in [0, 0.1) is 6.92 Å². The Morgan fingerprint density at radius 2 is 1.28 bits per heavy atom. The molecule has 0 saturated heterocycles. The van der Waals surface area contributed by atoms with Crippen molar-refractivity contribution in [3.05, 3.63) is 88.2 Å². The molecular weight excluding hydrogens is 379 g/mol. The van der Waals surface area contributed by atoms with Gasteiger partial charge in [-0.2, -0.15) is 13.2 Å². The highest BCUT2D eigenvalue weighted by atomic mass is 19.4. The number of halogens is 3. The van der Waals surface area contributed by atoms with E-state index in [4.69, 9.17) is 9.47 Å². The van der Waals surface area contributed by atoms with Gasteiger partial charge in [0.1, 0.15) is 11.5 Å². The number of aromatic nitrogens is 1. The largest absolute Gasteiger partial charge is 0.497 e. The quantitative estimate of drug-likeness (QED) is 0.538. The molecule has 3 nitrogen and oxygen atoms in total. The third-order valence-electron chi connectivity index (χ3n) is 4.93. The molecule has 0 radical (unpaired) electrons. The summed E-state index contributed by atoms with van der Waals surface area (Å²) in [5.41, 5.74) is 2.60. The van der Waals surface area contributed by atoms with Crippen LogP contribution in [0.25, 0.3) is 0 Å². The van der Waals surface area contributed by atoms with Gasteiger partial charge in [-0.05, 0) is 59.9 Å². The highest BCUT2D eigenvalue weighted by Gasteiger charge is 2.34. The smallest absolute Gasteiger partial charge is 0.418 e. The van der Waals surface area contributed by atoms with Gasteiger partial charge in [-0.25, -0.2) is 0 Å². The fraction of sp³-hybridized carbons (Fsp3) is 0.261. The van der Waals surface area contributed by atoms with Crippen molar-refractivity contribution in [2.75, 3.05) is 14.2 Å². The molecule has 1 aromatic heterocycles. The highest BCUT2D eigenvalue weighted by molar-refractivity contribution is 5.43. The van der Waals surface area contributed by atoms with Gasteiger partial charge in [-0.15, -0.1) is 0 Å². The fourth-order valence-electron chi connectivity index (χ4n) is 3.25. The van der Waals surface area contributed by atoms with Crippen molar-refractivity contribution < 1.29 is 22.6 Å². The van der Waals surface area contributed by atoms with E-state index in [2.05, 4.69) is 4.98 Å². The Morgan fingerprint density at radius 3 is 1.72 bits per heavy atom. The summed E-state index contributed by atoms with van der Waals surface area (Å²) in [6.45, 7) is 1.51. The molecule has 0 unspecified atom stereocenters. The van der Waals surface area contributed by atoms with E-state index in [1.807, 2.05) is 36.4 Å². The lowest BCUT2D eigenvalue weighted by molar-refractivity contribution is -0.138. The Balaban J connectivity index is 2.00. The minimum atomic E-state index is -4.44. The van der Waals surface area contributed by atoms with E-state index in [-0.39, 0.29) is 5.56 Å².